The van der Waals surface area contributed by atoms with Crippen molar-refractivity contribution in [3.8, 4) is 0 Å². The van der Waals surface area contributed by atoms with Crippen LogP contribution in [0.2, 0.25) is 0 Å². The van der Waals surface area contributed by atoms with Gasteiger partial charge in [-0.1, -0.05) is 59.1 Å². The Bertz CT molecular complexity index is 920. The monoisotopic (exact) mass is 381 g/mol. The summed E-state index contributed by atoms with van der Waals surface area (Å²) >= 11 is 0. The molecule has 152 valence electrons. The van der Waals surface area contributed by atoms with Gasteiger partial charge in [-0.2, -0.15) is 5.10 Å². The van der Waals surface area contributed by atoms with E-state index in [9.17, 15) is 0 Å². The lowest BCUT2D eigenvalue weighted by molar-refractivity contribution is 0.357. The number of nitrogens with two attached hydrogens (primary N) is 1. The summed E-state index contributed by atoms with van der Waals surface area (Å²) in [5.41, 5.74) is 9.89. The molecule has 3 aromatic rings. The largest absolute Gasteiger partial charge is 0.383 e. The van der Waals surface area contributed by atoms with Crippen molar-refractivity contribution < 1.29 is 0 Å². The number of hydrogen-bond donors (Lipinski definition) is 2. The number of hydrogen-bond acceptors (Lipinski definition) is 4. The zero-order chi connectivity index (χ0) is 20.1. The number of nitrogen functional groups attached to an aromatic ring is 1. The van der Waals surface area contributed by atoms with Gasteiger partial charge in [0.15, 0.2) is 0 Å². The first-order valence-corrected chi connectivity index (χ1v) is 10.6. The van der Waals surface area contributed by atoms with E-state index in [0.717, 1.165) is 34.8 Å². The molecule has 0 unspecified atom stereocenters. The second kappa shape index (κ2) is 8.91. The number of unbranched alkanes of at least 4 members (excludes halogenated alkanes) is 3. The van der Waals surface area contributed by atoms with Crippen molar-refractivity contribution in [3.63, 3.8) is 0 Å². The quantitative estimate of drug-likeness (QED) is 0.495. The third kappa shape index (κ3) is 5.22. The molecule has 0 fully saturated rings. The third-order valence-corrected chi connectivity index (χ3v) is 5.26. The zero-order valence-corrected chi connectivity index (χ0v) is 17.9. The van der Waals surface area contributed by atoms with Gasteiger partial charge in [-0.25, -0.2) is 4.98 Å². The van der Waals surface area contributed by atoms with Gasteiger partial charge in [0.05, 0.1) is 17.6 Å². The summed E-state index contributed by atoms with van der Waals surface area (Å²) in [6.07, 6.45) is 9.54. The van der Waals surface area contributed by atoms with Gasteiger partial charge in [0.1, 0.15) is 11.3 Å². The second-order valence-corrected chi connectivity index (χ2v) is 9.02. The maximum absolute atomic E-state index is 6.22. The van der Waals surface area contributed by atoms with Gasteiger partial charge in [-0.3, -0.25) is 10.00 Å². The molecule has 3 rings (SSSR count). The molecule has 0 spiro atoms. The Balaban J connectivity index is 1.67. The molecular formula is C23H35N5. The number of aryl methyl sites for hydroxylation is 1. The van der Waals surface area contributed by atoms with E-state index in [1.54, 1.807) is 0 Å². The molecular weight excluding hydrogens is 346 g/mol. The SMILES string of the molecule is CCNCn1cc2c(N)nc3cc(CCCCCCC(C)(C)C)ccc3c2n1. The number of nitrogens with one attached hydrogen (secondary N) is 1. The molecule has 2 aromatic heterocycles. The van der Waals surface area contributed by atoms with E-state index >= 15 is 0 Å². The van der Waals surface area contributed by atoms with Crippen LogP contribution in [0.4, 0.5) is 5.82 Å². The van der Waals surface area contributed by atoms with Gasteiger partial charge in [0.2, 0.25) is 0 Å². The smallest absolute Gasteiger partial charge is 0.135 e. The molecule has 0 bridgehead atoms. The first-order chi connectivity index (χ1) is 13.4. The fraction of sp³-hybridized carbons (Fsp3) is 0.565. The summed E-state index contributed by atoms with van der Waals surface area (Å²) < 4.78 is 1.90. The fourth-order valence-corrected chi connectivity index (χ4v) is 3.67. The van der Waals surface area contributed by atoms with E-state index in [0.29, 0.717) is 17.9 Å². The van der Waals surface area contributed by atoms with E-state index in [-0.39, 0.29) is 0 Å². The fourth-order valence-electron chi connectivity index (χ4n) is 3.67. The number of fused-ring (bicyclic) bond motifs is 3. The number of anilines is 1. The summed E-state index contributed by atoms with van der Waals surface area (Å²) in [6.45, 7) is 10.6. The first-order valence-electron chi connectivity index (χ1n) is 10.6. The van der Waals surface area contributed by atoms with Crippen LogP contribution in [0.5, 0.6) is 0 Å². The van der Waals surface area contributed by atoms with Crippen molar-refractivity contribution in [2.45, 2.75) is 72.9 Å². The summed E-state index contributed by atoms with van der Waals surface area (Å²) in [4.78, 5) is 4.65. The molecule has 0 aliphatic rings. The summed E-state index contributed by atoms with van der Waals surface area (Å²) in [5, 5.41) is 10.0. The molecule has 0 saturated heterocycles. The minimum absolute atomic E-state index is 0.453. The third-order valence-electron chi connectivity index (χ3n) is 5.26. The van der Waals surface area contributed by atoms with Crippen molar-refractivity contribution in [3.05, 3.63) is 30.0 Å². The second-order valence-electron chi connectivity index (χ2n) is 9.02. The molecule has 0 aliphatic heterocycles. The Kier molecular flexibility index (Phi) is 6.55. The van der Waals surface area contributed by atoms with Gasteiger partial charge >= 0.3 is 0 Å². The minimum atomic E-state index is 0.453. The van der Waals surface area contributed by atoms with Crippen LogP contribution in [0.1, 0.15) is 65.4 Å². The van der Waals surface area contributed by atoms with Crippen LogP contribution in [0.3, 0.4) is 0 Å². The topological polar surface area (TPSA) is 68.8 Å². The Labute approximate surface area is 168 Å². The van der Waals surface area contributed by atoms with Crippen LogP contribution in [0.25, 0.3) is 21.8 Å². The first kappa shape index (κ1) is 20.6. The van der Waals surface area contributed by atoms with Crippen molar-refractivity contribution >= 4 is 27.6 Å². The predicted octanol–water partition coefficient (Wildman–Crippen LogP) is 5.27. The highest BCUT2D eigenvalue weighted by molar-refractivity contribution is 6.07. The maximum Gasteiger partial charge on any atom is 0.135 e. The number of pyridine rings is 1. The van der Waals surface area contributed by atoms with Crippen LogP contribution in [0, 0.1) is 5.41 Å². The highest BCUT2D eigenvalue weighted by Gasteiger charge is 2.12. The van der Waals surface area contributed by atoms with Crippen LogP contribution in [-0.4, -0.2) is 21.3 Å². The van der Waals surface area contributed by atoms with E-state index < -0.39 is 0 Å². The molecule has 3 N–H and O–H groups in total. The molecule has 5 nitrogen and oxygen atoms in total. The Morgan fingerprint density at radius 3 is 2.61 bits per heavy atom. The van der Waals surface area contributed by atoms with Crippen LogP contribution < -0.4 is 11.1 Å². The molecule has 28 heavy (non-hydrogen) atoms. The Morgan fingerprint density at radius 1 is 1.07 bits per heavy atom. The molecule has 2 heterocycles. The standard InChI is InChI=1S/C23H35N5/c1-5-25-16-28-15-19-21(27-28)18-12-11-17(14-20(18)26-22(19)24)10-8-6-7-9-13-23(2,3)4/h11-12,14-15,25H,5-10,13,16H2,1-4H3,(H2,24,26). The normalized spacial score (nSPS) is 12.3. The number of benzene rings is 1. The molecule has 1 aromatic carbocycles. The van der Waals surface area contributed by atoms with Crippen molar-refractivity contribution in [1.29, 1.82) is 0 Å². The molecule has 0 saturated carbocycles. The van der Waals surface area contributed by atoms with Gasteiger partial charge in [-0.05, 0) is 42.9 Å². The van der Waals surface area contributed by atoms with Gasteiger partial charge in [0.25, 0.3) is 0 Å². The van der Waals surface area contributed by atoms with Crippen molar-refractivity contribution in [2.75, 3.05) is 12.3 Å². The summed E-state index contributed by atoms with van der Waals surface area (Å²) in [5.74, 6) is 0.560. The lowest BCUT2D eigenvalue weighted by Crippen LogP contribution is -2.17. The maximum atomic E-state index is 6.22. The molecule has 0 aliphatic carbocycles. The van der Waals surface area contributed by atoms with Crippen LogP contribution in [0.15, 0.2) is 24.4 Å². The van der Waals surface area contributed by atoms with Crippen molar-refractivity contribution in [2.24, 2.45) is 5.41 Å². The van der Waals surface area contributed by atoms with Gasteiger partial charge in [-0.15, -0.1) is 0 Å². The van der Waals surface area contributed by atoms with E-state index in [1.807, 2.05) is 10.9 Å². The molecule has 5 heteroatoms. The summed E-state index contributed by atoms with van der Waals surface area (Å²) in [7, 11) is 0. The highest BCUT2D eigenvalue weighted by atomic mass is 15.3. The van der Waals surface area contributed by atoms with Crippen LogP contribution in [-0.2, 0) is 13.1 Å². The Morgan fingerprint density at radius 2 is 1.86 bits per heavy atom. The van der Waals surface area contributed by atoms with E-state index in [2.05, 4.69) is 56.2 Å². The lowest BCUT2D eigenvalue weighted by Gasteiger charge is -2.17. The van der Waals surface area contributed by atoms with E-state index in [4.69, 9.17) is 10.8 Å². The summed E-state index contributed by atoms with van der Waals surface area (Å²) in [6, 6.07) is 6.56. The molecule has 0 atom stereocenters. The van der Waals surface area contributed by atoms with Crippen molar-refractivity contribution in [1.82, 2.24) is 20.1 Å². The average molecular weight is 382 g/mol. The van der Waals surface area contributed by atoms with Gasteiger partial charge in [0, 0.05) is 11.6 Å². The van der Waals surface area contributed by atoms with Crippen LogP contribution >= 0.6 is 0 Å². The highest BCUT2D eigenvalue weighted by Crippen LogP contribution is 2.28. The van der Waals surface area contributed by atoms with Gasteiger partial charge < -0.3 is 5.73 Å². The molecule has 0 radical (unpaired) electrons. The molecule has 0 amide bonds. The lowest BCUT2D eigenvalue weighted by atomic mass is 9.89. The minimum Gasteiger partial charge on any atom is -0.383 e. The number of nitrogens with zero attached hydrogens (tertiary/aromatic N) is 3. The van der Waals surface area contributed by atoms with E-state index in [1.165, 1.54) is 37.7 Å². The number of aromatic nitrogens is 3. The predicted molar refractivity (Wildman–Crippen MR) is 119 cm³/mol. The number of rotatable bonds is 9. The Hall–Kier alpha value is -2.14. The average Bonchev–Trinajstić information content (AvgIpc) is 3.07. The zero-order valence-electron chi connectivity index (χ0n) is 17.9.